The maximum Gasteiger partial charge on any atom is 0.251 e. The predicted molar refractivity (Wildman–Crippen MR) is 180 cm³/mol. The Morgan fingerprint density at radius 3 is 2.59 bits per heavy atom. The number of carbonyl (C=O) groups is 1. The summed E-state index contributed by atoms with van der Waals surface area (Å²) in [6.07, 6.45) is 19.8. The Morgan fingerprint density at radius 2 is 1.95 bits per heavy atom. The van der Waals surface area contributed by atoms with Crippen LogP contribution in [0.2, 0.25) is 0 Å². The van der Waals surface area contributed by atoms with E-state index >= 15 is 0 Å². The van der Waals surface area contributed by atoms with E-state index in [1.807, 2.05) is 74.5 Å². The Bertz CT molecular complexity index is 1610. The van der Waals surface area contributed by atoms with Gasteiger partial charge in [-0.2, -0.15) is 5.10 Å². The van der Waals surface area contributed by atoms with E-state index in [1.165, 1.54) is 6.07 Å². The predicted octanol–water partition coefficient (Wildman–Crippen LogP) is 5.48. The fourth-order valence-corrected chi connectivity index (χ4v) is 5.45. The average molecular weight is 619 g/mol. The Kier molecular flexibility index (Phi) is 12.8. The third-order valence-corrected chi connectivity index (χ3v) is 7.92. The van der Waals surface area contributed by atoms with Crippen molar-refractivity contribution < 1.29 is 13.4 Å². The van der Waals surface area contributed by atoms with Crippen LogP contribution in [0.5, 0.6) is 0 Å². The second kappa shape index (κ2) is 16.5. The summed E-state index contributed by atoms with van der Waals surface area (Å²) in [5, 5.41) is 10.0. The van der Waals surface area contributed by atoms with Crippen LogP contribution in [-0.4, -0.2) is 51.8 Å². The number of aryl methyl sites for hydroxylation is 3. The number of benzene rings is 1. The lowest BCUT2D eigenvalue weighted by atomic mass is 9.95. The van der Waals surface area contributed by atoms with Gasteiger partial charge >= 0.3 is 0 Å². The van der Waals surface area contributed by atoms with Crippen LogP contribution in [0.3, 0.4) is 0 Å². The SMILES string of the molecule is CCc1cc(C)cc(C(=O)NC)c1/C=C/c1cnc(N2CCc3nn(C)cc3C2)c(F)c1.C\C=C/C=C\C(=C\NC)S(C)=O. The smallest absolute Gasteiger partial charge is 0.251 e. The molecule has 1 atom stereocenters. The minimum absolute atomic E-state index is 0.137. The zero-order valence-corrected chi connectivity index (χ0v) is 27.5. The standard InChI is InChI=1S/C25H28FN5O.C9H15NOS/c1-5-18-10-16(2)11-21(25(32)27-3)20(18)7-6-17-12-22(26)24(28-13-17)31-9-8-23-19(15-31)14-30(4)29-23;1-4-5-6-7-9(8-10-2)12(3)11/h6-7,10-14H,5,8-9,15H2,1-4H3,(H,27,32);4-8,10H,1-3H3/b7-6+;5-4-,7-6-,9-8-. The molecule has 0 aliphatic carbocycles. The van der Waals surface area contributed by atoms with Crippen molar-refractivity contribution in [2.75, 3.05) is 31.8 Å². The number of fused-ring (bicyclic) bond motifs is 1. The highest BCUT2D eigenvalue weighted by atomic mass is 32.2. The van der Waals surface area contributed by atoms with Crippen molar-refractivity contribution in [1.29, 1.82) is 0 Å². The number of pyridine rings is 1. The zero-order chi connectivity index (χ0) is 32.2. The number of anilines is 1. The maximum absolute atomic E-state index is 15.0. The van der Waals surface area contributed by atoms with Crippen LogP contribution < -0.4 is 15.5 Å². The van der Waals surface area contributed by atoms with Gasteiger partial charge in [0.2, 0.25) is 0 Å². The quantitative estimate of drug-likeness (QED) is 0.309. The highest BCUT2D eigenvalue weighted by Crippen LogP contribution is 2.26. The molecule has 0 saturated carbocycles. The second-order valence-electron chi connectivity index (χ2n) is 10.3. The number of carbonyl (C=O) groups excluding carboxylic acids is 1. The number of rotatable bonds is 9. The van der Waals surface area contributed by atoms with Gasteiger partial charge in [-0.25, -0.2) is 9.37 Å². The highest BCUT2D eigenvalue weighted by molar-refractivity contribution is 7.88. The van der Waals surface area contributed by atoms with E-state index in [4.69, 9.17) is 0 Å². The van der Waals surface area contributed by atoms with Crippen molar-refractivity contribution in [2.24, 2.45) is 7.05 Å². The first-order valence-electron chi connectivity index (χ1n) is 14.6. The van der Waals surface area contributed by atoms with Gasteiger partial charge in [-0.15, -0.1) is 0 Å². The summed E-state index contributed by atoms with van der Waals surface area (Å²) in [6, 6.07) is 5.46. The van der Waals surface area contributed by atoms with Gasteiger partial charge in [-0.3, -0.25) is 13.7 Å². The van der Waals surface area contributed by atoms with E-state index in [0.717, 1.165) is 45.7 Å². The van der Waals surface area contributed by atoms with E-state index in [1.54, 1.807) is 37.4 Å². The van der Waals surface area contributed by atoms with Crippen molar-refractivity contribution >= 4 is 34.7 Å². The first-order valence-corrected chi connectivity index (χ1v) is 16.1. The molecule has 10 heteroatoms. The molecular weight excluding hydrogens is 575 g/mol. The van der Waals surface area contributed by atoms with Crippen LogP contribution in [0.4, 0.5) is 10.2 Å². The largest absolute Gasteiger partial charge is 0.393 e. The third-order valence-electron chi connectivity index (χ3n) is 7.00. The summed E-state index contributed by atoms with van der Waals surface area (Å²) >= 11 is 0. The number of amides is 1. The maximum atomic E-state index is 15.0. The fraction of sp³-hybridized carbons (Fsp3) is 0.324. The lowest BCUT2D eigenvalue weighted by Crippen LogP contribution is -2.31. The van der Waals surface area contributed by atoms with E-state index in [-0.39, 0.29) is 11.7 Å². The molecule has 1 aliphatic heterocycles. The molecule has 234 valence electrons. The molecule has 4 rings (SSSR count). The molecule has 1 amide bonds. The van der Waals surface area contributed by atoms with E-state index in [0.29, 0.717) is 30.0 Å². The number of halogens is 1. The van der Waals surface area contributed by atoms with Gasteiger partial charge in [0.1, 0.15) is 0 Å². The van der Waals surface area contributed by atoms with Crippen molar-refractivity contribution in [3.8, 4) is 0 Å². The van der Waals surface area contributed by atoms with Gasteiger partial charge in [0.05, 0.1) is 21.4 Å². The summed E-state index contributed by atoms with van der Waals surface area (Å²) in [7, 11) is 4.38. The number of hydrogen-bond acceptors (Lipinski definition) is 6. The molecule has 0 bridgehead atoms. The van der Waals surface area contributed by atoms with Gasteiger partial charge < -0.3 is 15.5 Å². The molecule has 2 aromatic heterocycles. The summed E-state index contributed by atoms with van der Waals surface area (Å²) in [5.74, 6) is -0.138. The molecule has 3 heterocycles. The first kappa shape index (κ1) is 34.2. The van der Waals surface area contributed by atoms with Crippen LogP contribution >= 0.6 is 0 Å². The van der Waals surface area contributed by atoms with Crippen LogP contribution in [0.15, 0.2) is 66.0 Å². The van der Waals surface area contributed by atoms with E-state index in [9.17, 15) is 13.4 Å². The summed E-state index contributed by atoms with van der Waals surface area (Å²) in [6.45, 7) is 7.26. The van der Waals surface area contributed by atoms with Crippen molar-refractivity contribution in [2.45, 2.75) is 40.2 Å². The highest BCUT2D eigenvalue weighted by Gasteiger charge is 2.22. The van der Waals surface area contributed by atoms with E-state index in [2.05, 4.69) is 33.7 Å². The molecule has 0 fully saturated rings. The Balaban J connectivity index is 0.000000375. The van der Waals surface area contributed by atoms with Gasteiger partial charge in [0, 0.05) is 76.6 Å². The van der Waals surface area contributed by atoms with Gasteiger partial charge in [0.15, 0.2) is 11.6 Å². The second-order valence-corrected chi connectivity index (χ2v) is 11.7. The van der Waals surface area contributed by atoms with Crippen LogP contribution in [0.25, 0.3) is 12.2 Å². The molecule has 1 aromatic carbocycles. The first-order chi connectivity index (χ1) is 21.1. The molecule has 1 aliphatic rings. The summed E-state index contributed by atoms with van der Waals surface area (Å²) < 4.78 is 27.8. The van der Waals surface area contributed by atoms with Crippen LogP contribution in [0, 0.1) is 12.7 Å². The summed E-state index contributed by atoms with van der Waals surface area (Å²) in [5.41, 5.74) is 6.40. The zero-order valence-electron chi connectivity index (χ0n) is 26.6. The lowest BCUT2D eigenvalue weighted by molar-refractivity contribution is 0.0962. The molecule has 0 saturated heterocycles. The molecular formula is C34H43FN6O2S. The molecule has 44 heavy (non-hydrogen) atoms. The molecule has 1 unspecified atom stereocenters. The van der Waals surface area contributed by atoms with Gasteiger partial charge in [0.25, 0.3) is 5.91 Å². The van der Waals surface area contributed by atoms with Crippen LogP contribution in [0.1, 0.15) is 57.7 Å². The Morgan fingerprint density at radius 1 is 1.18 bits per heavy atom. The monoisotopic (exact) mass is 618 g/mol. The number of nitrogens with one attached hydrogen (secondary N) is 2. The number of allylic oxidation sites excluding steroid dienone is 4. The summed E-state index contributed by atoms with van der Waals surface area (Å²) in [4.78, 5) is 19.6. The van der Waals surface area contributed by atoms with E-state index < -0.39 is 10.8 Å². The van der Waals surface area contributed by atoms with Crippen molar-refractivity contribution in [1.82, 2.24) is 25.4 Å². The average Bonchev–Trinajstić information content (AvgIpc) is 3.38. The van der Waals surface area contributed by atoms with Crippen molar-refractivity contribution in [3.63, 3.8) is 0 Å². The topological polar surface area (TPSA) is 92.2 Å². The van der Waals surface area contributed by atoms with Crippen molar-refractivity contribution in [3.05, 3.63) is 111 Å². The minimum atomic E-state index is -0.929. The molecule has 0 spiro atoms. The number of nitrogens with zero attached hydrogens (tertiary/aromatic N) is 4. The fourth-order valence-electron chi connectivity index (χ4n) is 4.90. The molecule has 3 aromatic rings. The van der Waals surface area contributed by atoms with Crippen LogP contribution in [-0.2, 0) is 37.2 Å². The molecule has 0 radical (unpaired) electrons. The Labute approximate surface area is 262 Å². The number of hydrogen-bond donors (Lipinski definition) is 2. The minimum Gasteiger partial charge on any atom is -0.393 e. The lowest BCUT2D eigenvalue weighted by Gasteiger charge is -2.27. The van der Waals surface area contributed by atoms with Gasteiger partial charge in [-0.05, 0) is 55.2 Å². The number of aromatic nitrogens is 3. The normalized spacial score (nSPS) is 14.1. The molecule has 2 N–H and O–H groups in total. The van der Waals surface area contributed by atoms with Gasteiger partial charge in [-0.1, -0.05) is 48.9 Å². The third kappa shape index (κ3) is 9.09. The Hall–Kier alpha value is -4.31. The molecule has 8 nitrogen and oxygen atoms in total.